The van der Waals surface area contributed by atoms with Gasteiger partial charge in [-0.3, -0.25) is 0 Å². The van der Waals surface area contributed by atoms with Gasteiger partial charge in [0.1, 0.15) is 0 Å². The highest BCUT2D eigenvalue weighted by molar-refractivity contribution is 6.26. The van der Waals surface area contributed by atoms with Gasteiger partial charge in [0, 0.05) is 27.6 Å². The molecule has 0 N–H and O–H groups in total. The summed E-state index contributed by atoms with van der Waals surface area (Å²) in [5.41, 5.74) is 38.5. The van der Waals surface area contributed by atoms with Crippen molar-refractivity contribution in [3.63, 3.8) is 0 Å². The van der Waals surface area contributed by atoms with Crippen molar-refractivity contribution in [1.29, 1.82) is 0 Å². The van der Waals surface area contributed by atoms with Crippen molar-refractivity contribution in [2.75, 3.05) is 0 Å². The molecule has 84 heavy (non-hydrogen) atoms. The van der Waals surface area contributed by atoms with Gasteiger partial charge in [-0.2, -0.15) is 0 Å². The van der Waals surface area contributed by atoms with Crippen molar-refractivity contribution in [3.8, 4) is 66.8 Å². The summed E-state index contributed by atoms with van der Waals surface area (Å²) in [5.74, 6) is 0.152. The zero-order valence-corrected chi connectivity index (χ0v) is 50.9. The molecule has 0 heteroatoms. The van der Waals surface area contributed by atoms with Crippen LogP contribution in [-0.4, -0.2) is 0 Å². The molecule has 11 aromatic rings. The van der Waals surface area contributed by atoms with E-state index in [-0.39, 0.29) is 27.6 Å². The Labute approximate surface area is 496 Å². The Morgan fingerprint density at radius 3 is 1.31 bits per heavy atom. The van der Waals surface area contributed by atoms with Crippen molar-refractivity contribution in [2.45, 2.75) is 130 Å². The zero-order chi connectivity index (χ0) is 57.4. The van der Waals surface area contributed by atoms with Gasteiger partial charge in [0.2, 0.25) is 0 Å². The third kappa shape index (κ3) is 6.55. The minimum atomic E-state index is -0.128. The number of hydrogen-bond acceptors (Lipinski definition) is 0. The fourth-order valence-corrected chi connectivity index (χ4v) is 18.0. The number of allylic oxidation sites excluding steroid dienone is 4. The van der Waals surface area contributed by atoms with E-state index in [1.54, 1.807) is 5.57 Å². The minimum Gasteiger partial charge on any atom is -0.0836 e. The lowest BCUT2D eigenvalue weighted by molar-refractivity contribution is 0.606. The molecule has 17 rings (SSSR count). The van der Waals surface area contributed by atoms with Gasteiger partial charge >= 0.3 is 0 Å². The van der Waals surface area contributed by atoms with E-state index in [2.05, 4.69) is 259 Å². The van der Waals surface area contributed by atoms with E-state index in [1.807, 2.05) is 0 Å². The van der Waals surface area contributed by atoms with Crippen molar-refractivity contribution in [1.82, 2.24) is 0 Å². The Balaban J connectivity index is 1.03. The van der Waals surface area contributed by atoms with Crippen LogP contribution in [0.4, 0.5) is 0 Å². The maximum Gasteiger partial charge on any atom is 0.0159 e. The fourth-order valence-electron chi connectivity index (χ4n) is 18.0. The molecular weight excluding hydrogens is 1010 g/mol. The van der Waals surface area contributed by atoms with E-state index in [0.717, 1.165) is 19.3 Å². The monoisotopic (exact) mass is 1080 g/mol. The second-order valence-electron chi connectivity index (χ2n) is 28.5. The SMILES string of the molecule is Cc1cc(C2C=c3cc(-c4cc(C)cc5c4-c4ccccc4C5(C)C)cc4c3c(c3cc(-c5cc(C)cc6c5-c5ccccc5C6(C)C)cc5cc(-c6cc(C)cc7c6-c6ccccc6C7(C)C)cc4c53)C2)c2c(c1)C(C)(C)C1=C2C=CCC1. The molecular formula is C84H72. The molecule has 0 bridgehead atoms. The van der Waals surface area contributed by atoms with E-state index in [1.165, 1.54) is 188 Å². The quantitative estimate of drug-likeness (QED) is 0.122. The van der Waals surface area contributed by atoms with E-state index >= 15 is 0 Å². The number of rotatable bonds is 4. The summed E-state index contributed by atoms with van der Waals surface area (Å²) < 4.78 is 0. The lowest BCUT2D eigenvalue weighted by atomic mass is 9.75. The van der Waals surface area contributed by atoms with Crippen LogP contribution in [0.2, 0.25) is 0 Å². The first-order valence-electron chi connectivity index (χ1n) is 31.1. The molecule has 0 fully saturated rings. The number of hydrogen-bond donors (Lipinski definition) is 0. The molecule has 11 aromatic carbocycles. The molecule has 0 radical (unpaired) electrons. The normalized spacial score (nSPS) is 18.1. The summed E-state index contributed by atoms with van der Waals surface area (Å²) in [6.45, 7) is 28.8. The lowest BCUT2D eigenvalue weighted by Crippen LogP contribution is -2.20. The topological polar surface area (TPSA) is 0 Å². The summed E-state index contributed by atoms with van der Waals surface area (Å²) in [4.78, 5) is 0. The predicted octanol–water partition coefficient (Wildman–Crippen LogP) is 21.5. The van der Waals surface area contributed by atoms with Crippen molar-refractivity contribution in [3.05, 3.63) is 259 Å². The zero-order valence-electron chi connectivity index (χ0n) is 50.9. The van der Waals surface area contributed by atoms with Crippen LogP contribution in [0.15, 0.2) is 175 Å². The molecule has 0 spiro atoms. The van der Waals surface area contributed by atoms with Crippen LogP contribution >= 0.6 is 0 Å². The van der Waals surface area contributed by atoms with Gasteiger partial charge in [-0.05, 0) is 249 Å². The van der Waals surface area contributed by atoms with Crippen LogP contribution in [-0.2, 0) is 28.1 Å². The first kappa shape index (κ1) is 50.2. The van der Waals surface area contributed by atoms with Gasteiger partial charge in [-0.15, -0.1) is 0 Å². The standard InChI is InChI=1S/C84H72/c1-45-29-59(77-55-21-13-17-25-67(55)81(5,6)71(77)33-45)49-37-53-38-50(60-30-46(2)34-72-78(60)56-22-14-18-26-68(56)82(72,7)8)43-65-66-44-52(62-32-48(4)36-74-80(62)58-24-16-20-28-70(58)84(74,11)12)40-54-39-51(42-64(76(54)66)63(41-49)75(53)65)61-31-47(3)35-73-79(61)57-23-15-19-27-69(57)83(73,9)10/h13-19,21-27,29-43,52H,20,28,44H2,1-12H3. The van der Waals surface area contributed by atoms with Crippen LogP contribution in [0.25, 0.3) is 111 Å². The van der Waals surface area contributed by atoms with E-state index in [0.29, 0.717) is 0 Å². The Kier molecular flexibility index (Phi) is 10.00. The lowest BCUT2D eigenvalue weighted by Gasteiger charge is -2.29. The van der Waals surface area contributed by atoms with Gasteiger partial charge in [0.05, 0.1) is 0 Å². The van der Waals surface area contributed by atoms with Gasteiger partial charge in [-0.25, -0.2) is 0 Å². The number of benzene rings is 11. The van der Waals surface area contributed by atoms with E-state index < -0.39 is 0 Å². The van der Waals surface area contributed by atoms with E-state index in [9.17, 15) is 0 Å². The summed E-state index contributed by atoms with van der Waals surface area (Å²) in [7, 11) is 0. The highest BCUT2D eigenvalue weighted by Crippen LogP contribution is 2.59. The Bertz CT molecular complexity index is 5000. The van der Waals surface area contributed by atoms with Crippen LogP contribution in [0.1, 0.15) is 152 Å². The molecule has 6 aliphatic rings. The van der Waals surface area contributed by atoms with Crippen LogP contribution in [0, 0.1) is 27.7 Å². The van der Waals surface area contributed by atoms with Gasteiger partial charge in [-0.1, -0.05) is 223 Å². The maximum atomic E-state index is 2.72. The number of aryl methyl sites for hydroxylation is 4. The predicted molar refractivity (Wildman–Crippen MR) is 358 cm³/mol. The molecule has 0 heterocycles. The molecule has 408 valence electrons. The average molecular weight is 1080 g/mol. The van der Waals surface area contributed by atoms with Crippen LogP contribution in [0.3, 0.4) is 0 Å². The van der Waals surface area contributed by atoms with Gasteiger partial charge < -0.3 is 0 Å². The third-order valence-corrected chi connectivity index (χ3v) is 21.9. The molecule has 0 nitrogen and oxygen atoms in total. The second kappa shape index (κ2) is 16.7. The second-order valence-corrected chi connectivity index (χ2v) is 28.5. The molecule has 0 saturated carbocycles. The van der Waals surface area contributed by atoms with Crippen molar-refractivity contribution >= 4 is 44.0 Å². The summed E-state index contributed by atoms with van der Waals surface area (Å²) in [5, 5.41) is 9.52. The highest BCUT2D eigenvalue weighted by atomic mass is 14.5. The van der Waals surface area contributed by atoms with Crippen LogP contribution in [0.5, 0.6) is 0 Å². The van der Waals surface area contributed by atoms with Crippen LogP contribution < -0.4 is 5.22 Å². The van der Waals surface area contributed by atoms with Crippen molar-refractivity contribution in [2.24, 2.45) is 0 Å². The summed E-state index contributed by atoms with van der Waals surface area (Å²) in [6.07, 6.45) is 10.8. The van der Waals surface area contributed by atoms with Gasteiger partial charge in [0.25, 0.3) is 0 Å². The smallest absolute Gasteiger partial charge is 0.0159 e. The Hall–Kier alpha value is -8.32. The first-order chi connectivity index (χ1) is 40.3. The maximum absolute atomic E-state index is 2.72. The third-order valence-electron chi connectivity index (χ3n) is 21.9. The molecule has 0 saturated heterocycles. The highest BCUT2D eigenvalue weighted by Gasteiger charge is 2.43. The molecule has 0 aliphatic heterocycles. The summed E-state index contributed by atoms with van der Waals surface area (Å²) in [6, 6.07) is 63.4. The van der Waals surface area contributed by atoms with Gasteiger partial charge in [0.15, 0.2) is 0 Å². The average Bonchev–Trinajstić information content (AvgIpc) is 0.912. The fraction of sp³-hybridized carbons (Fsp3) is 0.238. The number of fused-ring (bicyclic) bond motifs is 13. The minimum absolute atomic E-state index is 0.0235. The molecule has 0 amide bonds. The molecule has 6 aliphatic carbocycles. The Morgan fingerprint density at radius 2 is 0.810 bits per heavy atom. The molecule has 1 atom stereocenters. The molecule has 1 unspecified atom stereocenters. The largest absolute Gasteiger partial charge is 0.0836 e. The van der Waals surface area contributed by atoms with Crippen molar-refractivity contribution < 1.29 is 0 Å². The van der Waals surface area contributed by atoms with E-state index in [4.69, 9.17) is 0 Å². The molecule has 0 aromatic heterocycles. The first-order valence-corrected chi connectivity index (χ1v) is 31.1. The summed E-state index contributed by atoms with van der Waals surface area (Å²) >= 11 is 0. The Morgan fingerprint density at radius 1 is 0.381 bits per heavy atom.